The van der Waals surface area contributed by atoms with Crippen molar-refractivity contribution in [2.75, 3.05) is 0 Å². The summed E-state index contributed by atoms with van der Waals surface area (Å²) in [6, 6.07) is 16.6. The normalized spacial score (nSPS) is 10.3. The zero-order chi connectivity index (χ0) is 20.1. The summed E-state index contributed by atoms with van der Waals surface area (Å²) in [6.45, 7) is 3.45. The summed E-state index contributed by atoms with van der Waals surface area (Å²) in [5.41, 5.74) is 2.35. The molecule has 0 atom stereocenters. The number of pyridine rings is 1. The van der Waals surface area contributed by atoms with Crippen molar-refractivity contribution in [3.63, 3.8) is 0 Å². The molecule has 0 unspecified atom stereocenters. The van der Waals surface area contributed by atoms with Gasteiger partial charge >= 0.3 is 0 Å². The number of ketones is 1. The van der Waals surface area contributed by atoms with Crippen molar-refractivity contribution < 1.29 is 14.6 Å². The van der Waals surface area contributed by atoms with Crippen molar-refractivity contribution in [2.24, 2.45) is 0 Å². The molecule has 0 radical (unpaired) electrons. The van der Waals surface area contributed by atoms with Crippen LogP contribution < -0.4 is 4.74 Å². The fourth-order valence-corrected chi connectivity index (χ4v) is 3.54. The first-order valence-corrected chi connectivity index (χ1v) is 9.39. The Hall–Kier alpha value is -3.30. The predicted molar refractivity (Wildman–Crippen MR) is 107 cm³/mol. The van der Waals surface area contributed by atoms with Crippen LogP contribution in [0.4, 0.5) is 0 Å². The van der Waals surface area contributed by atoms with Crippen LogP contribution in [0.3, 0.4) is 0 Å². The average Bonchev–Trinajstić information content (AvgIpc) is 2.69. The first-order chi connectivity index (χ1) is 13.5. The van der Waals surface area contributed by atoms with E-state index in [1.54, 1.807) is 37.4 Å². The molecule has 0 amide bonds. The van der Waals surface area contributed by atoms with E-state index in [4.69, 9.17) is 10.00 Å². The highest BCUT2D eigenvalue weighted by atomic mass is 32.2. The molecule has 0 saturated heterocycles. The van der Waals surface area contributed by atoms with Gasteiger partial charge in [0.2, 0.25) is 0 Å². The Kier molecular flexibility index (Phi) is 5.97. The minimum Gasteiger partial charge on any atom is -0.507 e. The van der Waals surface area contributed by atoms with Crippen LogP contribution in [0.15, 0.2) is 64.6 Å². The van der Waals surface area contributed by atoms with Gasteiger partial charge in [0.15, 0.2) is 5.78 Å². The molecule has 1 aromatic heterocycles. The van der Waals surface area contributed by atoms with E-state index in [0.717, 1.165) is 15.5 Å². The molecule has 0 aliphatic heterocycles. The van der Waals surface area contributed by atoms with Gasteiger partial charge in [-0.2, -0.15) is 5.26 Å². The zero-order valence-corrected chi connectivity index (χ0v) is 16.3. The van der Waals surface area contributed by atoms with Gasteiger partial charge in [-0.15, -0.1) is 0 Å². The maximum atomic E-state index is 11.5. The van der Waals surface area contributed by atoms with Crippen molar-refractivity contribution >= 4 is 17.5 Å². The number of rotatable bonds is 6. The molecule has 6 heteroatoms. The lowest BCUT2D eigenvalue weighted by Crippen LogP contribution is -2.00. The molecule has 140 valence electrons. The Balaban J connectivity index is 1.72. The van der Waals surface area contributed by atoms with Crippen LogP contribution in [0.2, 0.25) is 0 Å². The number of phenolic OH excluding ortho intramolecular Hbond substituents is 1. The monoisotopic (exact) mass is 390 g/mol. The minimum atomic E-state index is -0.189. The van der Waals surface area contributed by atoms with Gasteiger partial charge in [0, 0.05) is 16.7 Å². The van der Waals surface area contributed by atoms with Gasteiger partial charge in [0.05, 0.1) is 17.2 Å². The van der Waals surface area contributed by atoms with Gasteiger partial charge in [-0.25, -0.2) is 4.98 Å². The maximum Gasteiger partial charge on any atom is 0.163 e. The smallest absolute Gasteiger partial charge is 0.163 e. The third-order valence-corrected chi connectivity index (χ3v) is 5.06. The summed E-state index contributed by atoms with van der Waals surface area (Å²) < 4.78 is 5.84. The van der Waals surface area contributed by atoms with Gasteiger partial charge in [-0.3, -0.25) is 4.79 Å². The molecule has 0 spiro atoms. The van der Waals surface area contributed by atoms with E-state index in [2.05, 4.69) is 11.1 Å². The van der Waals surface area contributed by atoms with Crippen molar-refractivity contribution in [1.29, 1.82) is 5.26 Å². The second kappa shape index (κ2) is 8.59. The van der Waals surface area contributed by atoms with Gasteiger partial charge < -0.3 is 9.84 Å². The number of hydrogen-bond acceptors (Lipinski definition) is 6. The number of hydrogen-bond donors (Lipinski definition) is 1. The summed E-state index contributed by atoms with van der Waals surface area (Å²) in [7, 11) is 0. The van der Waals surface area contributed by atoms with Crippen LogP contribution in [0.25, 0.3) is 0 Å². The molecule has 0 aliphatic carbocycles. The Morgan fingerprint density at radius 1 is 1.25 bits per heavy atom. The summed E-state index contributed by atoms with van der Waals surface area (Å²) in [4.78, 5) is 16.8. The lowest BCUT2D eigenvalue weighted by molar-refractivity contribution is 0.101. The quantitative estimate of drug-likeness (QED) is 0.603. The molecular weight excluding hydrogens is 372 g/mol. The fraction of sp³-hybridized carbons (Fsp3) is 0.136. The zero-order valence-electron chi connectivity index (χ0n) is 15.5. The largest absolute Gasteiger partial charge is 0.507 e. The first kappa shape index (κ1) is 19.5. The number of nitrogens with zero attached hydrogens (tertiary/aromatic N) is 2. The minimum absolute atomic E-state index is 0.0437. The van der Waals surface area contributed by atoms with Crippen molar-refractivity contribution in [1.82, 2.24) is 4.98 Å². The van der Waals surface area contributed by atoms with Crippen molar-refractivity contribution in [2.45, 2.75) is 30.4 Å². The second-order valence-corrected chi connectivity index (χ2v) is 7.27. The summed E-state index contributed by atoms with van der Waals surface area (Å²) in [5.74, 6) is 0.299. The number of ether oxygens (including phenoxy) is 1. The number of phenols is 1. The highest BCUT2D eigenvalue weighted by Crippen LogP contribution is 2.32. The molecule has 0 saturated carbocycles. The molecule has 28 heavy (non-hydrogen) atoms. The van der Waals surface area contributed by atoms with Crippen LogP contribution in [0.1, 0.15) is 34.0 Å². The van der Waals surface area contributed by atoms with E-state index in [-0.39, 0.29) is 17.1 Å². The van der Waals surface area contributed by atoms with Crippen LogP contribution in [0.5, 0.6) is 11.5 Å². The molecule has 0 bridgehead atoms. The van der Waals surface area contributed by atoms with Gasteiger partial charge in [0.25, 0.3) is 0 Å². The van der Waals surface area contributed by atoms with Crippen molar-refractivity contribution in [3.05, 3.63) is 77.0 Å². The first-order valence-electron chi connectivity index (χ1n) is 8.57. The lowest BCUT2D eigenvalue weighted by atomic mass is 10.1. The molecule has 1 heterocycles. The van der Waals surface area contributed by atoms with Gasteiger partial charge in [-0.1, -0.05) is 23.9 Å². The van der Waals surface area contributed by atoms with Crippen LogP contribution in [-0.4, -0.2) is 15.9 Å². The number of aromatic hydroxyl groups is 1. The van der Waals surface area contributed by atoms with Crippen LogP contribution in [0, 0.1) is 18.3 Å². The molecule has 0 aliphatic rings. The number of aromatic nitrogens is 1. The standard InChI is InChI=1S/C22H18N2O3S/c1-14-20(7-6-19(15(2)25)22(14)26)27-13-17-4-3-5-18(10-17)28-21-11-16(12-23)8-9-24-21/h3-11,26H,13H2,1-2H3. The van der Waals surface area contributed by atoms with E-state index in [1.165, 1.54) is 18.7 Å². The second-order valence-electron chi connectivity index (χ2n) is 6.17. The Morgan fingerprint density at radius 3 is 2.82 bits per heavy atom. The van der Waals surface area contributed by atoms with Crippen molar-refractivity contribution in [3.8, 4) is 17.6 Å². The molecule has 0 fully saturated rings. The van der Waals surface area contributed by atoms with E-state index in [9.17, 15) is 9.90 Å². The molecule has 5 nitrogen and oxygen atoms in total. The van der Waals surface area contributed by atoms with Crippen LogP contribution in [-0.2, 0) is 6.61 Å². The molecule has 2 aromatic carbocycles. The maximum absolute atomic E-state index is 11.5. The number of benzene rings is 2. The highest BCUT2D eigenvalue weighted by molar-refractivity contribution is 7.99. The van der Waals surface area contributed by atoms with E-state index in [0.29, 0.717) is 23.5 Å². The average molecular weight is 390 g/mol. The van der Waals surface area contributed by atoms with E-state index < -0.39 is 0 Å². The van der Waals surface area contributed by atoms with Gasteiger partial charge in [0.1, 0.15) is 23.1 Å². The molecule has 1 N–H and O–H groups in total. The SMILES string of the molecule is CC(=O)c1ccc(OCc2cccc(Sc3cc(C#N)ccn3)c2)c(C)c1O. The Morgan fingerprint density at radius 2 is 2.07 bits per heavy atom. The predicted octanol–water partition coefficient (Wildman–Crippen LogP) is 4.90. The van der Waals surface area contributed by atoms with Gasteiger partial charge in [-0.05, 0) is 55.8 Å². The van der Waals surface area contributed by atoms with Crippen LogP contribution >= 0.6 is 11.8 Å². The molecule has 3 rings (SSSR count). The highest BCUT2D eigenvalue weighted by Gasteiger charge is 2.13. The number of nitriles is 1. The number of carbonyl (C=O) groups excluding carboxylic acids is 1. The summed E-state index contributed by atoms with van der Waals surface area (Å²) in [6.07, 6.45) is 1.62. The van der Waals surface area contributed by atoms with E-state index >= 15 is 0 Å². The summed E-state index contributed by atoms with van der Waals surface area (Å²) in [5, 5.41) is 19.9. The topological polar surface area (TPSA) is 83.2 Å². The van der Waals surface area contributed by atoms with E-state index in [1.807, 2.05) is 24.3 Å². The Labute approximate surface area is 167 Å². The summed E-state index contributed by atoms with van der Waals surface area (Å²) >= 11 is 1.47. The fourth-order valence-electron chi connectivity index (χ4n) is 2.64. The Bertz CT molecular complexity index is 1070. The third-order valence-electron chi connectivity index (χ3n) is 4.14. The molecule has 3 aromatic rings. The third kappa shape index (κ3) is 4.51. The number of carbonyl (C=O) groups is 1. The number of Topliss-reactive ketones (excluding diaryl/α,β-unsaturated/α-hetero) is 1. The lowest BCUT2D eigenvalue weighted by Gasteiger charge is -2.12. The molecular formula is C22H18N2O3S.